The number of thiophene rings is 1. The third kappa shape index (κ3) is 3.23. The highest BCUT2D eigenvalue weighted by Crippen LogP contribution is 2.39. The van der Waals surface area contributed by atoms with E-state index in [1.54, 1.807) is 29.2 Å². The fourth-order valence-corrected chi connectivity index (χ4v) is 6.57. The van der Waals surface area contributed by atoms with Crippen molar-refractivity contribution in [3.05, 3.63) is 46.2 Å². The van der Waals surface area contributed by atoms with Gasteiger partial charge >= 0.3 is 0 Å². The van der Waals surface area contributed by atoms with Gasteiger partial charge in [-0.15, -0.1) is 11.3 Å². The number of amides is 1. The summed E-state index contributed by atoms with van der Waals surface area (Å²) in [4.78, 5) is 16.7. The number of hydrogen-bond donors (Lipinski definition) is 0. The van der Waals surface area contributed by atoms with Crippen LogP contribution in [-0.4, -0.2) is 54.8 Å². The molecule has 1 spiro atoms. The van der Waals surface area contributed by atoms with Crippen LogP contribution in [0, 0.1) is 6.92 Å². The molecule has 3 heterocycles. The van der Waals surface area contributed by atoms with Crippen molar-refractivity contribution in [3.8, 4) is 5.75 Å². The minimum atomic E-state index is -3.66. The number of para-hydroxylation sites is 1. The summed E-state index contributed by atoms with van der Waals surface area (Å²) in [6, 6.07) is 10.4. The van der Waals surface area contributed by atoms with Gasteiger partial charge in [-0.25, -0.2) is 8.42 Å². The molecular weight excluding hydrogens is 396 g/mol. The number of rotatable bonds is 2. The predicted octanol–water partition coefficient (Wildman–Crippen LogP) is 3.13. The van der Waals surface area contributed by atoms with Gasteiger partial charge in [-0.1, -0.05) is 12.1 Å². The molecule has 8 heteroatoms. The van der Waals surface area contributed by atoms with E-state index >= 15 is 0 Å². The van der Waals surface area contributed by atoms with E-state index < -0.39 is 15.6 Å². The molecule has 1 atom stereocenters. The summed E-state index contributed by atoms with van der Waals surface area (Å²) >= 11 is 1.48. The van der Waals surface area contributed by atoms with Crippen LogP contribution in [0.4, 0.5) is 0 Å². The standard InChI is InChI=1S/C20H24N2O4S2/c1-14(2)22-13-20(26-16-6-4-5-7-18(16)28(22,24)25)10-11-21(12-20)19(23)17-9-8-15(3)27-17/h4-9,14H,10-13H2,1-3H3. The number of benzene rings is 1. The summed E-state index contributed by atoms with van der Waals surface area (Å²) in [6.07, 6.45) is 0.593. The third-order valence-electron chi connectivity index (χ3n) is 5.34. The van der Waals surface area contributed by atoms with E-state index in [1.165, 1.54) is 15.6 Å². The lowest BCUT2D eigenvalue weighted by atomic mass is 10.0. The topological polar surface area (TPSA) is 66.9 Å². The Balaban J connectivity index is 1.69. The molecule has 0 N–H and O–H groups in total. The van der Waals surface area contributed by atoms with Gasteiger partial charge in [-0.3, -0.25) is 4.79 Å². The van der Waals surface area contributed by atoms with Crippen molar-refractivity contribution < 1.29 is 17.9 Å². The molecule has 1 saturated heterocycles. The van der Waals surface area contributed by atoms with Crippen LogP contribution in [0.15, 0.2) is 41.3 Å². The number of sulfonamides is 1. The second-order valence-corrected chi connectivity index (χ2v) is 10.9. The van der Waals surface area contributed by atoms with Gasteiger partial charge in [0.25, 0.3) is 5.91 Å². The van der Waals surface area contributed by atoms with Crippen molar-refractivity contribution in [2.45, 2.75) is 43.7 Å². The van der Waals surface area contributed by atoms with Crippen LogP contribution >= 0.6 is 11.3 Å². The Morgan fingerprint density at radius 3 is 2.61 bits per heavy atom. The Morgan fingerprint density at radius 2 is 1.93 bits per heavy atom. The van der Waals surface area contributed by atoms with E-state index in [-0.39, 0.29) is 23.4 Å². The van der Waals surface area contributed by atoms with E-state index in [4.69, 9.17) is 4.74 Å². The number of likely N-dealkylation sites (tertiary alicyclic amines) is 1. The third-order valence-corrected chi connectivity index (χ3v) is 8.39. The van der Waals surface area contributed by atoms with Gasteiger partial charge in [0.15, 0.2) is 0 Å². The van der Waals surface area contributed by atoms with Crippen molar-refractivity contribution in [2.75, 3.05) is 19.6 Å². The molecule has 150 valence electrons. The first-order valence-electron chi connectivity index (χ1n) is 9.37. The predicted molar refractivity (Wildman–Crippen MR) is 108 cm³/mol. The molecule has 1 aromatic carbocycles. The van der Waals surface area contributed by atoms with E-state index in [1.807, 2.05) is 32.9 Å². The number of hydrogen-bond acceptors (Lipinski definition) is 5. The fourth-order valence-electron chi connectivity index (χ4n) is 3.90. The minimum Gasteiger partial charge on any atom is -0.483 e. The van der Waals surface area contributed by atoms with Crippen molar-refractivity contribution in [3.63, 3.8) is 0 Å². The molecule has 28 heavy (non-hydrogen) atoms. The first-order chi connectivity index (χ1) is 13.2. The number of aryl methyl sites for hydroxylation is 1. The molecule has 2 aliphatic rings. The molecule has 0 aliphatic carbocycles. The number of nitrogens with zero attached hydrogens (tertiary/aromatic N) is 2. The van der Waals surface area contributed by atoms with E-state index in [9.17, 15) is 13.2 Å². The second kappa shape index (κ2) is 6.86. The normalized spacial score (nSPS) is 24.2. The van der Waals surface area contributed by atoms with Gasteiger partial charge in [0, 0.05) is 23.9 Å². The van der Waals surface area contributed by atoms with Crippen molar-refractivity contribution in [1.82, 2.24) is 9.21 Å². The molecule has 2 aliphatic heterocycles. The fraction of sp³-hybridized carbons (Fsp3) is 0.450. The van der Waals surface area contributed by atoms with Gasteiger partial charge < -0.3 is 9.64 Å². The number of carbonyl (C=O) groups excluding carboxylic acids is 1. The summed E-state index contributed by atoms with van der Waals surface area (Å²) in [5.41, 5.74) is -0.744. The van der Waals surface area contributed by atoms with Crippen LogP contribution in [0.25, 0.3) is 0 Å². The van der Waals surface area contributed by atoms with Gasteiger partial charge in [-0.2, -0.15) is 4.31 Å². The Hall–Kier alpha value is -1.90. The highest BCUT2D eigenvalue weighted by atomic mass is 32.2. The zero-order valence-corrected chi connectivity index (χ0v) is 17.8. The SMILES string of the molecule is Cc1ccc(C(=O)N2CCC3(C2)CN(C(C)C)S(=O)(=O)c2ccccc2O3)s1. The molecule has 1 fully saturated rings. The van der Waals surface area contributed by atoms with E-state index in [0.29, 0.717) is 30.1 Å². The Bertz CT molecular complexity index is 1010. The Kier molecular flexibility index (Phi) is 4.76. The number of ether oxygens (including phenoxy) is 1. The van der Waals surface area contributed by atoms with Gasteiger partial charge in [0.2, 0.25) is 10.0 Å². The van der Waals surface area contributed by atoms with Crippen molar-refractivity contribution in [2.24, 2.45) is 0 Å². The molecular formula is C20H24N2O4S2. The lowest BCUT2D eigenvalue weighted by Crippen LogP contribution is -2.51. The zero-order chi connectivity index (χ0) is 20.1. The van der Waals surface area contributed by atoms with Crippen molar-refractivity contribution in [1.29, 1.82) is 0 Å². The van der Waals surface area contributed by atoms with Crippen LogP contribution in [0.3, 0.4) is 0 Å². The van der Waals surface area contributed by atoms with Gasteiger partial charge in [-0.05, 0) is 45.0 Å². The second-order valence-electron chi connectivity index (χ2n) is 7.76. The summed E-state index contributed by atoms with van der Waals surface area (Å²) in [5.74, 6) is 0.349. The molecule has 4 rings (SSSR count). The highest BCUT2D eigenvalue weighted by molar-refractivity contribution is 7.89. The molecule has 0 saturated carbocycles. The van der Waals surface area contributed by atoms with E-state index in [0.717, 1.165) is 4.88 Å². The molecule has 1 amide bonds. The van der Waals surface area contributed by atoms with Crippen LogP contribution in [0.2, 0.25) is 0 Å². The molecule has 1 aromatic heterocycles. The van der Waals surface area contributed by atoms with Gasteiger partial charge in [0.05, 0.1) is 18.0 Å². The molecule has 2 aromatic rings. The maximum atomic E-state index is 13.2. The van der Waals surface area contributed by atoms with Crippen LogP contribution in [0.5, 0.6) is 5.75 Å². The van der Waals surface area contributed by atoms with Crippen LogP contribution < -0.4 is 4.74 Å². The summed E-state index contributed by atoms with van der Waals surface area (Å²) in [7, 11) is -3.66. The lowest BCUT2D eigenvalue weighted by Gasteiger charge is -2.33. The smallest absolute Gasteiger partial charge is 0.264 e. The number of carbonyl (C=O) groups is 1. The largest absolute Gasteiger partial charge is 0.483 e. The first kappa shape index (κ1) is 19.4. The summed E-state index contributed by atoms with van der Waals surface area (Å²) in [6.45, 7) is 6.86. The first-order valence-corrected chi connectivity index (χ1v) is 11.6. The summed E-state index contributed by atoms with van der Waals surface area (Å²) < 4.78 is 34.3. The van der Waals surface area contributed by atoms with Crippen LogP contribution in [0.1, 0.15) is 34.8 Å². The highest BCUT2D eigenvalue weighted by Gasteiger charge is 2.49. The molecule has 0 bridgehead atoms. The monoisotopic (exact) mass is 420 g/mol. The van der Waals surface area contributed by atoms with Crippen LogP contribution in [-0.2, 0) is 10.0 Å². The quantitative estimate of drug-likeness (QED) is 0.749. The minimum absolute atomic E-state index is 0.0185. The molecule has 6 nitrogen and oxygen atoms in total. The summed E-state index contributed by atoms with van der Waals surface area (Å²) in [5, 5.41) is 0. The Labute approximate surface area is 169 Å². The van der Waals surface area contributed by atoms with E-state index in [2.05, 4.69) is 0 Å². The number of fused-ring (bicyclic) bond motifs is 1. The van der Waals surface area contributed by atoms with Gasteiger partial charge in [0.1, 0.15) is 16.2 Å². The van der Waals surface area contributed by atoms with Crippen molar-refractivity contribution >= 4 is 27.3 Å². The Morgan fingerprint density at radius 1 is 1.18 bits per heavy atom. The zero-order valence-electron chi connectivity index (χ0n) is 16.2. The maximum absolute atomic E-state index is 13.2. The molecule has 0 radical (unpaired) electrons. The average molecular weight is 421 g/mol. The lowest BCUT2D eigenvalue weighted by molar-refractivity contribution is 0.0486. The molecule has 1 unspecified atom stereocenters. The average Bonchev–Trinajstić information content (AvgIpc) is 3.24. The maximum Gasteiger partial charge on any atom is 0.264 e.